The first-order chi connectivity index (χ1) is 16.2. The van der Waals surface area contributed by atoms with Gasteiger partial charge in [0, 0.05) is 49.8 Å². The number of anilines is 1. The molecule has 2 amide bonds. The van der Waals surface area contributed by atoms with E-state index in [4.69, 9.17) is 0 Å². The Morgan fingerprint density at radius 2 is 2.03 bits per heavy atom. The van der Waals surface area contributed by atoms with E-state index in [-0.39, 0.29) is 18.9 Å². The SMILES string of the molecule is C=C(CC)C(=O)N1C=CC(N2CCCc3cc(C(=O)N4CCCC(C(F)(F)F)C4)cnc32)=CC1. The van der Waals surface area contributed by atoms with Crippen LogP contribution in [0.4, 0.5) is 19.0 Å². The van der Waals surface area contributed by atoms with Gasteiger partial charge < -0.3 is 14.7 Å². The molecule has 3 aliphatic rings. The van der Waals surface area contributed by atoms with Crippen LogP contribution in [0.1, 0.15) is 48.5 Å². The maximum absolute atomic E-state index is 13.2. The Morgan fingerprint density at radius 3 is 2.71 bits per heavy atom. The maximum Gasteiger partial charge on any atom is 0.393 e. The summed E-state index contributed by atoms with van der Waals surface area (Å²) in [6.45, 7) is 6.90. The highest BCUT2D eigenvalue weighted by molar-refractivity contribution is 5.95. The van der Waals surface area contributed by atoms with Crippen molar-refractivity contribution in [3.8, 4) is 0 Å². The topological polar surface area (TPSA) is 56.8 Å². The second kappa shape index (κ2) is 9.64. The van der Waals surface area contributed by atoms with E-state index in [9.17, 15) is 22.8 Å². The second-order valence-corrected chi connectivity index (χ2v) is 8.95. The molecule has 1 atom stereocenters. The molecule has 6 nitrogen and oxygen atoms in total. The molecule has 0 N–H and O–H groups in total. The van der Waals surface area contributed by atoms with Crippen LogP contribution in [0.3, 0.4) is 0 Å². The minimum absolute atomic E-state index is 0.0584. The summed E-state index contributed by atoms with van der Waals surface area (Å²) in [5.41, 5.74) is 2.70. The first-order valence-electron chi connectivity index (χ1n) is 11.7. The summed E-state index contributed by atoms with van der Waals surface area (Å²) in [6.07, 6.45) is 5.33. The molecule has 0 aromatic carbocycles. The maximum atomic E-state index is 13.2. The molecule has 3 aliphatic heterocycles. The number of carbonyl (C=O) groups is 2. The van der Waals surface area contributed by atoms with Crippen LogP contribution in [-0.2, 0) is 11.2 Å². The molecule has 34 heavy (non-hydrogen) atoms. The monoisotopic (exact) mass is 474 g/mol. The van der Waals surface area contributed by atoms with Gasteiger partial charge >= 0.3 is 6.18 Å². The summed E-state index contributed by atoms with van der Waals surface area (Å²) < 4.78 is 39.5. The van der Waals surface area contributed by atoms with E-state index >= 15 is 0 Å². The summed E-state index contributed by atoms with van der Waals surface area (Å²) in [5, 5.41) is 0. The number of carbonyl (C=O) groups excluding carboxylic acids is 2. The largest absolute Gasteiger partial charge is 0.393 e. The summed E-state index contributed by atoms with van der Waals surface area (Å²) in [5.74, 6) is -1.23. The van der Waals surface area contributed by atoms with Crippen molar-refractivity contribution >= 4 is 17.6 Å². The minimum atomic E-state index is -4.29. The van der Waals surface area contributed by atoms with Crippen LogP contribution in [0.5, 0.6) is 0 Å². The van der Waals surface area contributed by atoms with E-state index in [0.29, 0.717) is 37.1 Å². The van der Waals surface area contributed by atoms with Crippen LogP contribution in [0.25, 0.3) is 0 Å². The number of alkyl halides is 3. The van der Waals surface area contributed by atoms with Crippen molar-refractivity contribution in [3.05, 3.63) is 59.6 Å². The van der Waals surface area contributed by atoms with Crippen molar-refractivity contribution in [1.82, 2.24) is 14.8 Å². The van der Waals surface area contributed by atoms with Crippen LogP contribution >= 0.6 is 0 Å². The molecule has 4 heterocycles. The molecule has 1 unspecified atom stereocenters. The van der Waals surface area contributed by atoms with Gasteiger partial charge in [0.15, 0.2) is 0 Å². The molecule has 0 spiro atoms. The molecule has 9 heteroatoms. The zero-order valence-corrected chi connectivity index (χ0v) is 19.3. The highest BCUT2D eigenvalue weighted by Crippen LogP contribution is 2.34. The molecular formula is C25H29F3N4O2. The number of aryl methyl sites for hydroxylation is 1. The fourth-order valence-electron chi connectivity index (χ4n) is 4.64. The molecule has 0 bridgehead atoms. The average Bonchev–Trinajstić information content (AvgIpc) is 2.86. The van der Waals surface area contributed by atoms with Gasteiger partial charge in [-0.25, -0.2) is 4.98 Å². The van der Waals surface area contributed by atoms with Crippen LogP contribution in [0, 0.1) is 5.92 Å². The van der Waals surface area contributed by atoms with E-state index in [1.807, 2.05) is 19.1 Å². The van der Waals surface area contributed by atoms with E-state index in [1.165, 1.54) is 11.1 Å². The molecule has 0 radical (unpaired) electrons. The number of piperidine rings is 1. The van der Waals surface area contributed by atoms with Crippen molar-refractivity contribution < 1.29 is 22.8 Å². The lowest BCUT2D eigenvalue weighted by molar-refractivity contribution is -0.184. The number of nitrogens with zero attached hydrogens (tertiary/aromatic N) is 4. The summed E-state index contributed by atoms with van der Waals surface area (Å²) in [4.78, 5) is 34.8. The number of fused-ring (bicyclic) bond motifs is 1. The van der Waals surface area contributed by atoms with Gasteiger partial charge in [-0.2, -0.15) is 13.2 Å². The van der Waals surface area contributed by atoms with Gasteiger partial charge in [-0.1, -0.05) is 13.5 Å². The van der Waals surface area contributed by atoms with Gasteiger partial charge in [0.2, 0.25) is 0 Å². The number of aromatic nitrogens is 1. The molecule has 1 saturated heterocycles. The normalized spacial score (nSPS) is 20.6. The first-order valence-corrected chi connectivity index (χ1v) is 11.7. The highest BCUT2D eigenvalue weighted by Gasteiger charge is 2.42. The lowest BCUT2D eigenvalue weighted by atomic mass is 9.96. The Hall–Kier alpha value is -3.10. The van der Waals surface area contributed by atoms with Crippen LogP contribution in [0.2, 0.25) is 0 Å². The second-order valence-electron chi connectivity index (χ2n) is 8.95. The molecule has 4 rings (SSSR count). The fourth-order valence-corrected chi connectivity index (χ4v) is 4.64. The van der Waals surface area contributed by atoms with Crippen molar-refractivity contribution in [3.63, 3.8) is 0 Å². The zero-order chi connectivity index (χ0) is 24.5. The molecule has 1 aromatic rings. The van der Waals surface area contributed by atoms with Crippen LogP contribution < -0.4 is 4.90 Å². The molecule has 0 aliphatic carbocycles. The summed E-state index contributed by atoms with van der Waals surface area (Å²) >= 11 is 0. The number of halogens is 3. The Morgan fingerprint density at radius 1 is 1.24 bits per heavy atom. The lowest BCUT2D eigenvalue weighted by Crippen LogP contribution is -2.44. The Bertz CT molecular complexity index is 1050. The average molecular weight is 475 g/mol. The number of amides is 2. The number of hydrogen-bond donors (Lipinski definition) is 0. The number of hydrogen-bond acceptors (Lipinski definition) is 4. The van der Waals surface area contributed by atoms with E-state index < -0.39 is 18.0 Å². The van der Waals surface area contributed by atoms with Gasteiger partial charge in [-0.3, -0.25) is 9.59 Å². The van der Waals surface area contributed by atoms with Crippen molar-refractivity contribution in [2.75, 3.05) is 31.1 Å². The molecular weight excluding hydrogens is 445 g/mol. The zero-order valence-electron chi connectivity index (χ0n) is 19.3. The molecule has 182 valence electrons. The van der Waals surface area contributed by atoms with Crippen LogP contribution in [0.15, 0.2) is 48.5 Å². The molecule has 1 fully saturated rings. The standard InChI is InChI=1S/C25H29F3N4O2/c1-3-17(2)23(33)30-12-8-21(9-13-30)32-11-4-6-18-14-19(15-29-22(18)32)24(34)31-10-5-7-20(16-31)25(26,27)28/h8-9,12,14-15,20H,2-7,10-11,13,16H2,1H3. The van der Waals surface area contributed by atoms with Gasteiger partial charge in [0.05, 0.1) is 11.5 Å². The van der Waals surface area contributed by atoms with Gasteiger partial charge in [0.25, 0.3) is 11.8 Å². The van der Waals surface area contributed by atoms with Gasteiger partial charge in [-0.15, -0.1) is 0 Å². The predicted octanol–water partition coefficient (Wildman–Crippen LogP) is 4.45. The van der Waals surface area contributed by atoms with Crippen molar-refractivity contribution in [1.29, 1.82) is 0 Å². The third-order valence-electron chi connectivity index (χ3n) is 6.67. The third kappa shape index (κ3) is 4.88. The number of pyridine rings is 1. The van der Waals surface area contributed by atoms with E-state index in [1.54, 1.807) is 17.2 Å². The van der Waals surface area contributed by atoms with Crippen molar-refractivity contribution in [2.24, 2.45) is 5.92 Å². The van der Waals surface area contributed by atoms with Gasteiger partial charge in [0.1, 0.15) is 5.82 Å². The lowest BCUT2D eigenvalue weighted by Gasteiger charge is -2.35. The van der Waals surface area contributed by atoms with Gasteiger partial charge in [-0.05, 0) is 55.9 Å². The van der Waals surface area contributed by atoms with Crippen LogP contribution in [-0.4, -0.2) is 59.0 Å². The van der Waals surface area contributed by atoms with E-state index in [2.05, 4.69) is 16.5 Å². The Labute approximate surface area is 197 Å². The Kier molecular flexibility index (Phi) is 6.81. The van der Waals surface area contributed by atoms with E-state index in [0.717, 1.165) is 36.5 Å². The predicted molar refractivity (Wildman–Crippen MR) is 123 cm³/mol. The third-order valence-corrected chi connectivity index (χ3v) is 6.67. The quantitative estimate of drug-likeness (QED) is 0.605. The molecule has 0 saturated carbocycles. The summed E-state index contributed by atoms with van der Waals surface area (Å²) in [7, 11) is 0. The minimum Gasteiger partial charge on any atom is -0.338 e. The number of allylic oxidation sites excluding steroid dienone is 1. The van der Waals surface area contributed by atoms with Crippen molar-refractivity contribution in [2.45, 2.75) is 45.2 Å². The summed E-state index contributed by atoms with van der Waals surface area (Å²) in [6, 6.07) is 1.77. The smallest absolute Gasteiger partial charge is 0.338 e. The number of likely N-dealkylation sites (tertiary alicyclic amines) is 1. The molecule has 1 aromatic heterocycles. The Balaban J connectivity index is 1.49. The fraction of sp³-hybridized carbons (Fsp3) is 0.480. The first kappa shape index (κ1) is 24.0. The highest BCUT2D eigenvalue weighted by atomic mass is 19.4. The number of rotatable bonds is 4.